The molecule has 5 rings (SSSR count). The molecule has 164 valence electrons. The van der Waals surface area contributed by atoms with E-state index in [9.17, 15) is 4.79 Å². The van der Waals surface area contributed by atoms with Crippen LogP contribution in [0.25, 0.3) is 10.8 Å². The van der Waals surface area contributed by atoms with Gasteiger partial charge in [-0.25, -0.2) is 4.98 Å². The summed E-state index contributed by atoms with van der Waals surface area (Å²) in [6.45, 7) is 2.76. The van der Waals surface area contributed by atoms with Gasteiger partial charge in [-0.3, -0.25) is 9.78 Å². The molecule has 1 atom stereocenters. The van der Waals surface area contributed by atoms with Crippen LogP contribution in [0.3, 0.4) is 0 Å². The summed E-state index contributed by atoms with van der Waals surface area (Å²) in [6, 6.07) is 17.7. The van der Waals surface area contributed by atoms with E-state index in [-0.39, 0.29) is 11.9 Å². The monoisotopic (exact) mass is 436 g/mol. The van der Waals surface area contributed by atoms with Gasteiger partial charge in [0.05, 0.1) is 35.8 Å². The fourth-order valence-electron chi connectivity index (χ4n) is 4.39. The van der Waals surface area contributed by atoms with Gasteiger partial charge in [0, 0.05) is 43.1 Å². The van der Waals surface area contributed by atoms with Gasteiger partial charge in [0.2, 0.25) is 0 Å². The molecule has 1 saturated heterocycles. The van der Waals surface area contributed by atoms with Crippen molar-refractivity contribution in [2.75, 3.05) is 13.1 Å². The molecule has 1 amide bonds. The molecule has 3 heterocycles. The molecule has 7 heteroatoms. The third kappa shape index (κ3) is 4.34. The molecular weight excluding hydrogens is 412 g/mol. The summed E-state index contributed by atoms with van der Waals surface area (Å²) in [4.78, 5) is 24.4. The van der Waals surface area contributed by atoms with E-state index in [2.05, 4.69) is 25.9 Å². The molecule has 1 aliphatic rings. The van der Waals surface area contributed by atoms with E-state index in [0.29, 0.717) is 24.2 Å². The average molecular weight is 437 g/mol. The molecule has 1 fully saturated rings. The molecule has 1 N–H and O–H groups in total. The van der Waals surface area contributed by atoms with Crippen molar-refractivity contribution in [2.24, 2.45) is 0 Å². The quantitative estimate of drug-likeness (QED) is 0.501. The minimum absolute atomic E-state index is 0.0147. The first-order chi connectivity index (χ1) is 16.2. The number of nitrogens with zero attached hydrogens (tertiary/aromatic N) is 5. The Kier molecular flexibility index (Phi) is 5.83. The number of hydrogen-bond donors (Lipinski definition) is 1. The Morgan fingerprint density at radius 3 is 2.76 bits per heavy atom. The number of amides is 1. The SMILES string of the molecule is N#Cc1ccc(Cn2cncc2CN(C(=O)c2cncc3ccccc23)C2CCNC2)cc1. The number of nitrogens with one attached hydrogen (secondary N) is 1. The van der Waals surface area contributed by atoms with Crippen molar-refractivity contribution in [3.8, 4) is 6.07 Å². The van der Waals surface area contributed by atoms with E-state index in [1.54, 1.807) is 18.7 Å². The van der Waals surface area contributed by atoms with Gasteiger partial charge >= 0.3 is 0 Å². The van der Waals surface area contributed by atoms with Crippen LogP contribution in [0.2, 0.25) is 0 Å². The molecule has 1 unspecified atom stereocenters. The van der Waals surface area contributed by atoms with E-state index in [1.165, 1.54) is 0 Å². The third-order valence-corrected chi connectivity index (χ3v) is 6.20. The van der Waals surface area contributed by atoms with Crippen molar-refractivity contribution < 1.29 is 4.79 Å². The van der Waals surface area contributed by atoms with Crippen molar-refractivity contribution >= 4 is 16.7 Å². The molecular formula is C26H24N6O. The van der Waals surface area contributed by atoms with Gasteiger partial charge in [-0.05, 0) is 36.0 Å². The van der Waals surface area contributed by atoms with Crippen LogP contribution in [0.1, 0.15) is 33.6 Å². The minimum Gasteiger partial charge on any atom is -0.329 e. The van der Waals surface area contributed by atoms with Crippen molar-refractivity contribution in [1.82, 2.24) is 24.8 Å². The Morgan fingerprint density at radius 1 is 1.12 bits per heavy atom. The predicted molar refractivity (Wildman–Crippen MR) is 125 cm³/mol. The fraction of sp³-hybridized carbons (Fsp3) is 0.231. The highest BCUT2D eigenvalue weighted by atomic mass is 16.2. The molecule has 7 nitrogen and oxygen atoms in total. The number of imidazole rings is 1. The highest BCUT2D eigenvalue weighted by Gasteiger charge is 2.29. The van der Waals surface area contributed by atoms with Gasteiger partial charge in [0.25, 0.3) is 5.91 Å². The van der Waals surface area contributed by atoms with E-state index < -0.39 is 0 Å². The number of nitriles is 1. The Balaban J connectivity index is 1.44. The van der Waals surface area contributed by atoms with Gasteiger partial charge in [-0.15, -0.1) is 0 Å². The molecule has 0 saturated carbocycles. The highest BCUT2D eigenvalue weighted by molar-refractivity contribution is 6.06. The summed E-state index contributed by atoms with van der Waals surface area (Å²) >= 11 is 0. The zero-order chi connectivity index (χ0) is 22.6. The summed E-state index contributed by atoms with van der Waals surface area (Å²) < 4.78 is 2.06. The Bertz CT molecular complexity index is 1310. The summed E-state index contributed by atoms with van der Waals surface area (Å²) in [5.74, 6) is -0.0147. The second-order valence-electron chi connectivity index (χ2n) is 8.31. The summed E-state index contributed by atoms with van der Waals surface area (Å²) in [7, 11) is 0. The van der Waals surface area contributed by atoms with Gasteiger partial charge in [0.15, 0.2) is 0 Å². The normalized spacial score (nSPS) is 15.4. The second-order valence-corrected chi connectivity index (χ2v) is 8.31. The number of hydrogen-bond acceptors (Lipinski definition) is 5. The zero-order valence-corrected chi connectivity index (χ0v) is 18.2. The van der Waals surface area contributed by atoms with Gasteiger partial charge in [0.1, 0.15) is 0 Å². The Hall–Kier alpha value is -4.02. The van der Waals surface area contributed by atoms with Crippen LogP contribution in [0, 0.1) is 11.3 Å². The first kappa shape index (κ1) is 20.9. The molecule has 33 heavy (non-hydrogen) atoms. The number of aromatic nitrogens is 3. The lowest BCUT2D eigenvalue weighted by atomic mass is 10.1. The lowest BCUT2D eigenvalue weighted by Gasteiger charge is -2.29. The Morgan fingerprint density at radius 2 is 1.97 bits per heavy atom. The maximum absolute atomic E-state index is 13.8. The highest BCUT2D eigenvalue weighted by Crippen LogP contribution is 2.23. The van der Waals surface area contributed by atoms with E-state index in [4.69, 9.17) is 5.26 Å². The number of carbonyl (C=O) groups excluding carboxylic acids is 1. The minimum atomic E-state index is -0.0147. The van der Waals surface area contributed by atoms with E-state index >= 15 is 0 Å². The van der Waals surface area contributed by atoms with Crippen molar-refractivity contribution in [3.05, 3.63) is 95.8 Å². The van der Waals surface area contributed by atoms with Crippen LogP contribution in [-0.2, 0) is 13.1 Å². The molecule has 1 aliphatic heterocycles. The molecule has 2 aromatic carbocycles. The summed E-state index contributed by atoms with van der Waals surface area (Å²) in [5.41, 5.74) is 3.30. The topological polar surface area (TPSA) is 86.8 Å². The first-order valence-corrected chi connectivity index (χ1v) is 11.1. The molecule has 0 aliphatic carbocycles. The number of carbonyl (C=O) groups is 1. The molecule has 0 spiro atoms. The fourth-order valence-corrected chi connectivity index (χ4v) is 4.39. The van der Waals surface area contributed by atoms with Crippen LogP contribution in [-0.4, -0.2) is 44.5 Å². The first-order valence-electron chi connectivity index (χ1n) is 11.1. The second kappa shape index (κ2) is 9.23. The number of rotatable bonds is 6. The largest absolute Gasteiger partial charge is 0.329 e. The predicted octanol–water partition coefficient (Wildman–Crippen LogP) is 3.36. The van der Waals surface area contributed by atoms with Gasteiger partial charge < -0.3 is 14.8 Å². The molecule has 4 aromatic rings. The zero-order valence-electron chi connectivity index (χ0n) is 18.2. The standard InChI is InChI=1S/C26H24N6O/c27-11-19-5-7-20(8-6-19)16-31-18-30-14-23(31)17-32(22-9-10-28-13-22)26(33)25-15-29-12-21-3-1-2-4-24(21)25/h1-8,12,14-15,18,22,28H,9-10,13,16-17H2. The molecule has 2 aromatic heterocycles. The van der Waals surface area contributed by atoms with Crippen molar-refractivity contribution in [2.45, 2.75) is 25.6 Å². The number of benzene rings is 2. The third-order valence-electron chi connectivity index (χ3n) is 6.20. The number of fused-ring (bicyclic) bond motifs is 1. The van der Waals surface area contributed by atoms with E-state index in [1.807, 2.05) is 59.6 Å². The van der Waals surface area contributed by atoms with Crippen LogP contribution in [0.15, 0.2) is 73.4 Å². The van der Waals surface area contributed by atoms with Crippen LogP contribution < -0.4 is 5.32 Å². The smallest absolute Gasteiger partial charge is 0.256 e. The Labute approximate surface area is 192 Å². The van der Waals surface area contributed by atoms with Crippen LogP contribution in [0.5, 0.6) is 0 Å². The van der Waals surface area contributed by atoms with Crippen LogP contribution in [0.4, 0.5) is 0 Å². The maximum Gasteiger partial charge on any atom is 0.256 e. The molecule has 0 bridgehead atoms. The average Bonchev–Trinajstić information content (AvgIpc) is 3.55. The van der Waals surface area contributed by atoms with Crippen molar-refractivity contribution in [1.29, 1.82) is 5.26 Å². The summed E-state index contributed by atoms with van der Waals surface area (Å²) in [5, 5.41) is 14.3. The summed E-state index contributed by atoms with van der Waals surface area (Å²) in [6.07, 6.45) is 8.00. The lowest BCUT2D eigenvalue weighted by Crippen LogP contribution is -2.41. The lowest BCUT2D eigenvalue weighted by molar-refractivity contribution is 0.0673. The van der Waals surface area contributed by atoms with Crippen molar-refractivity contribution in [3.63, 3.8) is 0 Å². The van der Waals surface area contributed by atoms with Crippen LogP contribution >= 0.6 is 0 Å². The number of pyridine rings is 1. The van der Waals surface area contributed by atoms with E-state index in [0.717, 1.165) is 41.5 Å². The van der Waals surface area contributed by atoms with Gasteiger partial charge in [-0.1, -0.05) is 36.4 Å². The molecule has 0 radical (unpaired) electrons. The van der Waals surface area contributed by atoms with Gasteiger partial charge in [-0.2, -0.15) is 5.26 Å². The maximum atomic E-state index is 13.8.